The van der Waals surface area contributed by atoms with Crippen LogP contribution in [0.5, 0.6) is 0 Å². The summed E-state index contributed by atoms with van der Waals surface area (Å²) in [5, 5.41) is 0. The summed E-state index contributed by atoms with van der Waals surface area (Å²) >= 11 is 3.24. The fourth-order valence-electron chi connectivity index (χ4n) is 3.67. The molecule has 1 aromatic rings. The summed E-state index contributed by atoms with van der Waals surface area (Å²) in [7, 11) is 2.16. The van der Waals surface area contributed by atoms with Gasteiger partial charge in [0.15, 0.2) is 0 Å². The Morgan fingerprint density at radius 3 is 2.60 bits per heavy atom. The van der Waals surface area contributed by atoms with Gasteiger partial charge in [-0.3, -0.25) is 4.79 Å². The number of fused-ring (bicyclic) bond motifs is 2. The smallest absolute Gasteiger partial charge is 0.140 e. The van der Waals surface area contributed by atoms with Gasteiger partial charge < -0.3 is 4.90 Å². The minimum Gasteiger partial charge on any atom is -0.300 e. The zero-order chi connectivity index (χ0) is 14.3. The van der Waals surface area contributed by atoms with E-state index in [9.17, 15) is 9.18 Å². The van der Waals surface area contributed by atoms with Crippen molar-refractivity contribution in [1.82, 2.24) is 4.90 Å². The lowest BCUT2D eigenvalue weighted by molar-refractivity contribution is -0.124. The quantitative estimate of drug-likeness (QED) is 0.838. The standard InChI is InChI=1S/C16H19BrFNO/c1-19-13-4-5-14(19)7-11(6-13)16(20)8-10-2-3-12(17)9-15(10)18/h2-3,9,11,13-14H,4-8H2,1H3. The SMILES string of the molecule is CN1C2CCC1CC(C(=O)Cc1ccc(Br)cc1F)C2. The van der Waals surface area contributed by atoms with Crippen LogP contribution in [0.25, 0.3) is 0 Å². The Bertz CT molecular complexity index is 519. The number of ketones is 1. The first-order chi connectivity index (χ1) is 9.54. The van der Waals surface area contributed by atoms with Gasteiger partial charge in [0.05, 0.1) is 0 Å². The van der Waals surface area contributed by atoms with Gasteiger partial charge in [0.25, 0.3) is 0 Å². The molecule has 108 valence electrons. The molecular weight excluding hydrogens is 321 g/mol. The predicted molar refractivity (Wildman–Crippen MR) is 80.1 cm³/mol. The highest BCUT2D eigenvalue weighted by molar-refractivity contribution is 9.10. The molecule has 2 nitrogen and oxygen atoms in total. The number of halogens is 2. The van der Waals surface area contributed by atoms with Crippen LogP contribution in [0.2, 0.25) is 0 Å². The molecular formula is C16H19BrFNO. The number of rotatable bonds is 3. The lowest BCUT2D eigenvalue weighted by Gasteiger charge is -2.35. The molecule has 0 saturated carbocycles. The van der Waals surface area contributed by atoms with Crippen LogP contribution in [-0.2, 0) is 11.2 Å². The number of carbonyl (C=O) groups excluding carboxylic acids is 1. The average molecular weight is 340 g/mol. The number of benzene rings is 1. The molecule has 2 heterocycles. The lowest BCUT2D eigenvalue weighted by Crippen LogP contribution is -2.42. The van der Waals surface area contributed by atoms with Crippen molar-refractivity contribution in [2.24, 2.45) is 5.92 Å². The maximum atomic E-state index is 13.8. The molecule has 4 heteroatoms. The monoisotopic (exact) mass is 339 g/mol. The summed E-state index contributed by atoms with van der Waals surface area (Å²) in [4.78, 5) is 14.9. The maximum absolute atomic E-state index is 13.8. The van der Waals surface area contributed by atoms with E-state index in [0.29, 0.717) is 22.1 Å². The second-order valence-electron chi connectivity index (χ2n) is 6.10. The number of hydrogen-bond acceptors (Lipinski definition) is 2. The van der Waals surface area contributed by atoms with E-state index >= 15 is 0 Å². The summed E-state index contributed by atoms with van der Waals surface area (Å²) in [6.07, 6.45) is 4.54. The lowest BCUT2D eigenvalue weighted by atomic mass is 9.85. The van der Waals surface area contributed by atoms with E-state index in [1.807, 2.05) is 0 Å². The van der Waals surface area contributed by atoms with Crippen molar-refractivity contribution in [2.45, 2.75) is 44.2 Å². The van der Waals surface area contributed by atoms with Crippen LogP contribution < -0.4 is 0 Å². The van der Waals surface area contributed by atoms with E-state index in [1.165, 1.54) is 18.9 Å². The van der Waals surface area contributed by atoms with E-state index in [1.54, 1.807) is 12.1 Å². The molecule has 2 fully saturated rings. The summed E-state index contributed by atoms with van der Waals surface area (Å²) in [5.41, 5.74) is 0.518. The normalized spacial score (nSPS) is 29.6. The number of Topliss-reactive ketones (excluding diaryl/α,β-unsaturated/α-hetero) is 1. The minimum atomic E-state index is -0.288. The van der Waals surface area contributed by atoms with Gasteiger partial charge >= 0.3 is 0 Å². The number of piperidine rings is 1. The zero-order valence-electron chi connectivity index (χ0n) is 11.6. The fourth-order valence-corrected chi connectivity index (χ4v) is 4.00. The molecule has 1 aromatic carbocycles. The maximum Gasteiger partial charge on any atom is 0.140 e. The topological polar surface area (TPSA) is 20.3 Å². The number of carbonyl (C=O) groups is 1. The Labute approximate surface area is 127 Å². The van der Waals surface area contributed by atoms with E-state index in [2.05, 4.69) is 27.9 Å². The van der Waals surface area contributed by atoms with Gasteiger partial charge in [-0.15, -0.1) is 0 Å². The van der Waals surface area contributed by atoms with Gasteiger partial charge in [0.2, 0.25) is 0 Å². The molecule has 2 unspecified atom stereocenters. The van der Waals surface area contributed by atoms with Crippen molar-refractivity contribution in [3.05, 3.63) is 34.1 Å². The van der Waals surface area contributed by atoms with Crippen LogP contribution in [0.1, 0.15) is 31.2 Å². The molecule has 0 radical (unpaired) electrons. The largest absolute Gasteiger partial charge is 0.300 e. The molecule has 0 amide bonds. The van der Waals surface area contributed by atoms with Gasteiger partial charge in [0, 0.05) is 28.9 Å². The first kappa shape index (κ1) is 14.2. The van der Waals surface area contributed by atoms with Crippen LogP contribution in [0.3, 0.4) is 0 Å². The van der Waals surface area contributed by atoms with Crippen LogP contribution in [0.15, 0.2) is 22.7 Å². The van der Waals surface area contributed by atoms with Gasteiger partial charge in [-0.05, 0) is 50.4 Å². The second kappa shape index (κ2) is 5.57. The van der Waals surface area contributed by atoms with E-state index in [4.69, 9.17) is 0 Å². The highest BCUT2D eigenvalue weighted by atomic mass is 79.9. The highest BCUT2D eigenvalue weighted by Gasteiger charge is 2.40. The summed E-state index contributed by atoms with van der Waals surface area (Å²) in [6.45, 7) is 0. The van der Waals surface area contributed by atoms with Crippen LogP contribution in [0.4, 0.5) is 4.39 Å². The van der Waals surface area contributed by atoms with E-state index < -0.39 is 0 Å². The first-order valence-electron chi connectivity index (χ1n) is 7.23. The first-order valence-corrected chi connectivity index (χ1v) is 8.02. The van der Waals surface area contributed by atoms with Gasteiger partial charge in [-0.25, -0.2) is 4.39 Å². The third kappa shape index (κ3) is 2.68. The van der Waals surface area contributed by atoms with Crippen molar-refractivity contribution in [3.8, 4) is 0 Å². The Morgan fingerprint density at radius 1 is 1.35 bits per heavy atom. The van der Waals surface area contributed by atoms with Crippen LogP contribution >= 0.6 is 15.9 Å². The van der Waals surface area contributed by atoms with Crippen LogP contribution in [0, 0.1) is 11.7 Å². The molecule has 2 aliphatic heterocycles. The molecule has 2 bridgehead atoms. The van der Waals surface area contributed by atoms with Gasteiger partial charge in [0.1, 0.15) is 11.6 Å². The molecule has 0 spiro atoms. The third-order valence-electron chi connectivity index (χ3n) is 4.93. The molecule has 0 N–H and O–H groups in total. The van der Waals surface area contributed by atoms with Crippen molar-refractivity contribution in [3.63, 3.8) is 0 Å². The van der Waals surface area contributed by atoms with Crippen molar-refractivity contribution >= 4 is 21.7 Å². The van der Waals surface area contributed by atoms with Gasteiger partial charge in [-0.1, -0.05) is 22.0 Å². The molecule has 20 heavy (non-hydrogen) atoms. The Kier molecular flexibility index (Phi) is 3.95. The minimum absolute atomic E-state index is 0.117. The highest BCUT2D eigenvalue weighted by Crippen LogP contribution is 2.38. The fraction of sp³-hybridized carbons (Fsp3) is 0.562. The third-order valence-corrected chi connectivity index (χ3v) is 5.43. The average Bonchev–Trinajstić information content (AvgIpc) is 2.64. The molecule has 3 rings (SSSR count). The van der Waals surface area contributed by atoms with Gasteiger partial charge in [-0.2, -0.15) is 0 Å². The van der Waals surface area contributed by atoms with Crippen LogP contribution in [-0.4, -0.2) is 29.8 Å². The molecule has 0 aliphatic carbocycles. The Hall–Kier alpha value is -0.740. The molecule has 0 aromatic heterocycles. The van der Waals surface area contributed by atoms with Crippen molar-refractivity contribution < 1.29 is 9.18 Å². The summed E-state index contributed by atoms with van der Waals surface area (Å²) in [5.74, 6) is 0.0339. The second-order valence-corrected chi connectivity index (χ2v) is 7.01. The summed E-state index contributed by atoms with van der Waals surface area (Å²) in [6, 6.07) is 6.04. The van der Waals surface area contributed by atoms with E-state index in [-0.39, 0.29) is 23.9 Å². The number of nitrogens with zero attached hydrogens (tertiary/aromatic N) is 1. The summed E-state index contributed by atoms with van der Waals surface area (Å²) < 4.78 is 14.5. The van der Waals surface area contributed by atoms with Crippen molar-refractivity contribution in [1.29, 1.82) is 0 Å². The Morgan fingerprint density at radius 2 is 2.00 bits per heavy atom. The predicted octanol–water partition coefficient (Wildman–Crippen LogP) is 3.57. The Balaban J connectivity index is 1.68. The van der Waals surface area contributed by atoms with Crippen molar-refractivity contribution in [2.75, 3.05) is 7.05 Å². The molecule has 2 aliphatic rings. The van der Waals surface area contributed by atoms with E-state index in [0.717, 1.165) is 12.8 Å². The number of hydrogen-bond donors (Lipinski definition) is 0. The molecule has 2 atom stereocenters. The zero-order valence-corrected chi connectivity index (χ0v) is 13.2. The molecule has 2 saturated heterocycles.